The van der Waals surface area contributed by atoms with Gasteiger partial charge in [-0.3, -0.25) is 14.9 Å². The lowest BCUT2D eigenvalue weighted by atomic mass is 9.95. The van der Waals surface area contributed by atoms with E-state index in [1.54, 1.807) is 0 Å². The second kappa shape index (κ2) is 6.51. The fourth-order valence-electron chi connectivity index (χ4n) is 2.60. The number of halogens is 1. The molecule has 7 heteroatoms. The molecule has 6 nitrogen and oxygen atoms in total. The van der Waals surface area contributed by atoms with Crippen LogP contribution in [0.2, 0.25) is 0 Å². The van der Waals surface area contributed by atoms with Gasteiger partial charge in [0.25, 0.3) is 11.6 Å². The second-order valence-electron chi connectivity index (χ2n) is 5.16. The van der Waals surface area contributed by atoms with Gasteiger partial charge in [0.05, 0.1) is 10.5 Å². The van der Waals surface area contributed by atoms with Gasteiger partial charge in [0, 0.05) is 25.2 Å². The molecule has 0 spiro atoms. The highest BCUT2D eigenvalue weighted by atomic mass is 19.1. The maximum Gasteiger partial charge on any atom is 0.293 e. The van der Waals surface area contributed by atoms with Crippen LogP contribution in [0, 0.1) is 15.9 Å². The number of nitrogens with zero attached hydrogens (tertiary/aromatic N) is 1. The number of hydrogen-bond acceptors (Lipinski definition) is 4. The summed E-state index contributed by atoms with van der Waals surface area (Å²) in [5.41, 5.74) is -0.550. The van der Waals surface area contributed by atoms with Gasteiger partial charge in [-0.05, 0) is 12.8 Å². The highest BCUT2D eigenvalue weighted by Gasteiger charge is 2.23. The maximum atomic E-state index is 14.0. The zero-order valence-electron chi connectivity index (χ0n) is 11.8. The van der Waals surface area contributed by atoms with Crippen LogP contribution in [0.5, 0.6) is 0 Å². The third-order valence-electron chi connectivity index (χ3n) is 3.74. The second-order valence-corrected chi connectivity index (χ2v) is 5.16. The molecule has 1 aliphatic carbocycles. The number of benzene rings is 1. The Labute approximate surface area is 121 Å². The van der Waals surface area contributed by atoms with E-state index >= 15 is 0 Å². The van der Waals surface area contributed by atoms with Crippen LogP contribution in [0.1, 0.15) is 42.5 Å². The molecule has 0 atom stereocenters. The smallest absolute Gasteiger partial charge is 0.293 e. The Morgan fingerprint density at radius 3 is 2.57 bits per heavy atom. The van der Waals surface area contributed by atoms with E-state index in [4.69, 9.17) is 0 Å². The molecule has 1 saturated carbocycles. The quantitative estimate of drug-likeness (QED) is 0.661. The number of nitrogens with one attached hydrogen (secondary N) is 2. The topological polar surface area (TPSA) is 84.3 Å². The Morgan fingerprint density at radius 1 is 1.33 bits per heavy atom. The Kier molecular flexibility index (Phi) is 4.72. The van der Waals surface area contributed by atoms with E-state index in [0.29, 0.717) is 0 Å². The molecule has 0 bridgehead atoms. The van der Waals surface area contributed by atoms with Gasteiger partial charge in [0.15, 0.2) is 0 Å². The fraction of sp³-hybridized carbons (Fsp3) is 0.500. The van der Waals surface area contributed by atoms with Crippen LogP contribution in [0.3, 0.4) is 0 Å². The van der Waals surface area contributed by atoms with E-state index < -0.39 is 16.6 Å². The summed E-state index contributed by atoms with van der Waals surface area (Å²) >= 11 is 0. The summed E-state index contributed by atoms with van der Waals surface area (Å²) in [7, 11) is 1.46. The fourth-order valence-corrected chi connectivity index (χ4v) is 2.60. The largest absolute Gasteiger partial charge is 0.382 e. The van der Waals surface area contributed by atoms with Crippen molar-refractivity contribution in [1.82, 2.24) is 5.32 Å². The normalized spacial score (nSPS) is 15.5. The highest BCUT2D eigenvalue weighted by Crippen LogP contribution is 2.28. The summed E-state index contributed by atoms with van der Waals surface area (Å²) in [6, 6.07) is 1.99. The summed E-state index contributed by atoms with van der Waals surface area (Å²) in [6.07, 6.45) is 4.94. The number of anilines is 1. The van der Waals surface area contributed by atoms with Crippen molar-refractivity contribution in [3.8, 4) is 0 Å². The zero-order chi connectivity index (χ0) is 15.4. The first kappa shape index (κ1) is 15.2. The summed E-state index contributed by atoms with van der Waals surface area (Å²) in [4.78, 5) is 22.4. The van der Waals surface area contributed by atoms with E-state index in [0.717, 1.165) is 44.2 Å². The van der Waals surface area contributed by atoms with Crippen molar-refractivity contribution in [2.75, 3.05) is 12.4 Å². The summed E-state index contributed by atoms with van der Waals surface area (Å²) < 4.78 is 14.0. The summed E-state index contributed by atoms with van der Waals surface area (Å²) in [5.74, 6) is -1.36. The lowest BCUT2D eigenvalue weighted by molar-refractivity contribution is -0.384. The number of carbonyl (C=O) groups excluding carboxylic acids is 1. The number of nitro groups is 1. The van der Waals surface area contributed by atoms with Crippen molar-refractivity contribution in [2.45, 2.75) is 38.1 Å². The van der Waals surface area contributed by atoms with E-state index in [1.807, 2.05) is 0 Å². The summed E-state index contributed by atoms with van der Waals surface area (Å²) in [5, 5.41) is 16.3. The molecule has 0 aromatic heterocycles. The molecule has 21 heavy (non-hydrogen) atoms. The van der Waals surface area contributed by atoms with Crippen LogP contribution in [-0.2, 0) is 0 Å². The standard InChI is InChI=1S/C14H18FN3O3/c1-16-12-8-11(15)10(7-13(12)18(20)21)14(19)17-9-5-3-2-4-6-9/h7-9,16H,2-6H2,1H3,(H,17,19). The number of rotatable bonds is 4. The van der Waals surface area contributed by atoms with Gasteiger partial charge in [-0.2, -0.15) is 0 Å². The average Bonchev–Trinajstić information content (AvgIpc) is 2.47. The zero-order valence-corrected chi connectivity index (χ0v) is 11.8. The number of amides is 1. The third kappa shape index (κ3) is 3.48. The van der Waals surface area contributed by atoms with Crippen molar-refractivity contribution in [3.63, 3.8) is 0 Å². The predicted molar refractivity (Wildman–Crippen MR) is 76.9 cm³/mol. The van der Waals surface area contributed by atoms with E-state index in [9.17, 15) is 19.3 Å². The minimum absolute atomic E-state index is 0.0219. The Balaban J connectivity index is 2.23. The molecule has 1 aromatic rings. The molecule has 0 radical (unpaired) electrons. The molecular formula is C14H18FN3O3. The van der Waals surface area contributed by atoms with E-state index in [-0.39, 0.29) is 23.0 Å². The minimum Gasteiger partial charge on any atom is -0.382 e. The maximum absolute atomic E-state index is 14.0. The van der Waals surface area contributed by atoms with Crippen LogP contribution < -0.4 is 10.6 Å². The molecule has 1 amide bonds. The lowest BCUT2D eigenvalue weighted by Crippen LogP contribution is -2.36. The first-order chi connectivity index (χ1) is 10.0. The van der Waals surface area contributed by atoms with Crippen LogP contribution in [-0.4, -0.2) is 23.9 Å². The lowest BCUT2D eigenvalue weighted by Gasteiger charge is -2.22. The van der Waals surface area contributed by atoms with Gasteiger partial charge in [0.1, 0.15) is 11.5 Å². The molecule has 1 aliphatic rings. The number of nitro benzene ring substituents is 1. The first-order valence-electron chi connectivity index (χ1n) is 6.99. The molecule has 0 heterocycles. The molecule has 1 aromatic carbocycles. The molecule has 0 saturated heterocycles. The summed E-state index contributed by atoms with van der Waals surface area (Å²) in [6.45, 7) is 0. The van der Waals surface area contributed by atoms with Crippen LogP contribution >= 0.6 is 0 Å². The van der Waals surface area contributed by atoms with E-state index in [2.05, 4.69) is 10.6 Å². The third-order valence-corrected chi connectivity index (χ3v) is 3.74. The number of carbonyl (C=O) groups is 1. The molecule has 0 aliphatic heterocycles. The Morgan fingerprint density at radius 2 is 2.00 bits per heavy atom. The van der Waals surface area contributed by atoms with Gasteiger partial charge in [-0.25, -0.2) is 4.39 Å². The molecule has 2 rings (SSSR count). The molecule has 0 unspecified atom stereocenters. The predicted octanol–water partition coefficient (Wildman–Crippen LogP) is 2.84. The highest BCUT2D eigenvalue weighted by molar-refractivity contribution is 5.96. The number of hydrogen-bond donors (Lipinski definition) is 2. The van der Waals surface area contributed by atoms with Gasteiger partial charge in [-0.1, -0.05) is 19.3 Å². The van der Waals surface area contributed by atoms with Crippen molar-refractivity contribution < 1.29 is 14.1 Å². The first-order valence-corrected chi connectivity index (χ1v) is 6.99. The molecule has 2 N–H and O–H groups in total. The molecular weight excluding hydrogens is 277 g/mol. The van der Waals surface area contributed by atoms with E-state index in [1.165, 1.54) is 7.05 Å². The van der Waals surface area contributed by atoms with Crippen molar-refractivity contribution in [1.29, 1.82) is 0 Å². The average molecular weight is 295 g/mol. The van der Waals surface area contributed by atoms with Crippen LogP contribution in [0.25, 0.3) is 0 Å². The SMILES string of the molecule is CNc1cc(F)c(C(=O)NC2CCCCC2)cc1[N+](=O)[O-]. The van der Waals surface area contributed by atoms with Gasteiger partial charge >= 0.3 is 0 Å². The monoisotopic (exact) mass is 295 g/mol. The van der Waals surface area contributed by atoms with Crippen molar-refractivity contribution >= 4 is 17.3 Å². The van der Waals surface area contributed by atoms with Crippen molar-refractivity contribution in [3.05, 3.63) is 33.6 Å². The molecule has 1 fully saturated rings. The Bertz CT molecular complexity index is 557. The molecule has 114 valence electrons. The van der Waals surface area contributed by atoms with Gasteiger partial charge in [0.2, 0.25) is 0 Å². The Hall–Kier alpha value is -2.18. The van der Waals surface area contributed by atoms with Gasteiger partial charge in [-0.15, -0.1) is 0 Å². The minimum atomic E-state index is -0.766. The van der Waals surface area contributed by atoms with Gasteiger partial charge < -0.3 is 10.6 Å². The van der Waals surface area contributed by atoms with Crippen LogP contribution in [0.4, 0.5) is 15.8 Å². The van der Waals surface area contributed by atoms with Crippen LogP contribution in [0.15, 0.2) is 12.1 Å². The van der Waals surface area contributed by atoms with Crippen molar-refractivity contribution in [2.24, 2.45) is 0 Å².